The number of nitrogens with one attached hydrogen (secondary N) is 1. The summed E-state index contributed by atoms with van der Waals surface area (Å²) in [7, 11) is 3.23. The van der Waals surface area contributed by atoms with Gasteiger partial charge >= 0.3 is 0 Å². The molecule has 7 nitrogen and oxygen atoms in total. The van der Waals surface area contributed by atoms with E-state index in [0.717, 1.165) is 23.3 Å². The minimum atomic E-state index is -0.0556. The number of aryl methyl sites for hydroxylation is 1. The van der Waals surface area contributed by atoms with Crippen LogP contribution in [-0.4, -0.2) is 36.9 Å². The van der Waals surface area contributed by atoms with Gasteiger partial charge in [-0.25, -0.2) is 0 Å². The average molecular weight is 381 g/mol. The number of rotatable bonds is 9. The molecule has 0 unspecified atom stereocenters. The van der Waals surface area contributed by atoms with Crippen LogP contribution in [0.1, 0.15) is 17.9 Å². The minimum absolute atomic E-state index is 0.0556. The van der Waals surface area contributed by atoms with Crippen molar-refractivity contribution in [2.75, 3.05) is 20.8 Å². The Kier molecular flexibility index (Phi) is 6.62. The van der Waals surface area contributed by atoms with E-state index in [-0.39, 0.29) is 12.3 Å². The second kappa shape index (κ2) is 9.55. The van der Waals surface area contributed by atoms with Crippen LogP contribution in [0.3, 0.4) is 0 Å². The molecule has 0 atom stereocenters. The molecule has 28 heavy (non-hydrogen) atoms. The first-order valence-electron chi connectivity index (χ1n) is 9.05. The van der Waals surface area contributed by atoms with Crippen LogP contribution in [0.2, 0.25) is 0 Å². The molecule has 2 aromatic carbocycles. The van der Waals surface area contributed by atoms with E-state index < -0.39 is 0 Å². The summed E-state index contributed by atoms with van der Waals surface area (Å²) >= 11 is 0. The van der Waals surface area contributed by atoms with Gasteiger partial charge in [-0.2, -0.15) is 0 Å². The van der Waals surface area contributed by atoms with Gasteiger partial charge < -0.3 is 19.2 Å². The summed E-state index contributed by atoms with van der Waals surface area (Å²) in [6.45, 7) is 0.558. The maximum atomic E-state index is 12.1. The molecule has 3 aromatic rings. The molecule has 146 valence electrons. The monoisotopic (exact) mass is 381 g/mol. The molecule has 0 spiro atoms. The van der Waals surface area contributed by atoms with Crippen LogP contribution in [-0.2, 0) is 17.6 Å². The van der Waals surface area contributed by atoms with Gasteiger partial charge in [0.25, 0.3) is 5.89 Å². The van der Waals surface area contributed by atoms with E-state index in [1.165, 1.54) is 0 Å². The zero-order valence-electron chi connectivity index (χ0n) is 16.0. The van der Waals surface area contributed by atoms with Crippen LogP contribution < -0.4 is 14.8 Å². The van der Waals surface area contributed by atoms with Gasteiger partial charge in [-0.15, -0.1) is 10.2 Å². The van der Waals surface area contributed by atoms with Crippen molar-refractivity contribution in [3.63, 3.8) is 0 Å². The molecule has 1 N–H and O–H groups in total. The number of benzene rings is 2. The van der Waals surface area contributed by atoms with E-state index in [1.807, 2.05) is 48.5 Å². The van der Waals surface area contributed by atoms with Crippen molar-refractivity contribution in [1.82, 2.24) is 15.5 Å². The Hall–Kier alpha value is -3.35. The smallest absolute Gasteiger partial charge is 0.251 e. The van der Waals surface area contributed by atoms with Crippen LogP contribution in [0.5, 0.6) is 11.5 Å². The molecule has 7 heteroatoms. The third kappa shape index (κ3) is 5.09. The maximum absolute atomic E-state index is 12.1. The summed E-state index contributed by atoms with van der Waals surface area (Å²) in [6, 6.07) is 15.2. The van der Waals surface area contributed by atoms with Crippen LogP contribution in [0.4, 0.5) is 0 Å². The summed E-state index contributed by atoms with van der Waals surface area (Å²) in [4.78, 5) is 12.1. The highest BCUT2D eigenvalue weighted by atomic mass is 16.5. The number of aromatic nitrogens is 2. The van der Waals surface area contributed by atoms with Crippen molar-refractivity contribution in [3.8, 4) is 23.0 Å². The van der Waals surface area contributed by atoms with Crippen LogP contribution in [0.25, 0.3) is 11.5 Å². The summed E-state index contributed by atoms with van der Waals surface area (Å²) < 4.78 is 16.2. The van der Waals surface area contributed by atoms with Gasteiger partial charge in [-0.3, -0.25) is 4.79 Å². The first-order chi connectivity index (χ1) is 13.7. The number of amides is 1. The van der Waals surface area contributed by atoms with Crippen LogP contribution >= 0.6 is 0 Å². The molecule has 0 saturated heterocycles. The number of hydrogen-bond donors (Lipinski definition) is 1. The standard InChI is InChI=1S/C21H23N3O4/c1-26-16-7-5-6-15(14-16)12-13-22-19(25)10-11-20-23-24-21(28-20)17-8-3-4-9-18(17)27-2/h3-9,14H,10-13H2,1-2H3,(H,22,25). The van der Waals surface area contributed by atoms with Gasteiger partial charge in [-0.1, -0.05) is 24.3 Å². The predicted octanol–water partition coefficient (Wildman–Crippen LogP) is 3.05. The summed E-state index contributed by atoms with van der Waals surface area (Å²) in [5, 5.41) is 11.0. The fourth-order valence-electron chi connectivity index (χ4n) is 2.77. The largest absolute Gasteiger partial charge is 0.497 e. The molecule has 0 aliphatic heterocycles. The molecule has 0 aliphatic rings. The van der Waals surface area contributed by atoms with E-state index in [9.17, 15) is 4.79 Å². The highest BCUT2D eigenvalue weighted by molar-refractivity contribution is 5.76. The Labute approximate surface area is 163 Å². The van der Waals surface area contributed by atoms with Crippen LogP contribution in [0.15, 0.2) is 52.9 Å². The van der Waals surface area contributed by atoms with Crippen molar-refractivity contribution in [3.05, 3.63) is 60.0 Å². The van der Waals surface area contributed by atoms with Crippen LogP contribution in [0, 0.1) is 0 Å². The summed E-state index contributed by atoms with van der Waals surface area (Å²) in [6.07, 6.45) is 1.40. The van der Waals surface area contributed by atoms with E-state index >= 15 is 0 Å². The molecule has 0 fully saturated rings. The minimum Gasteiger partial charge on any atom is -0.497 e. The zero-order valence-corrected chi connectivity index (χ0v) is 16.0. The molecule has 0 saturated carbocycles. The molecule has 0 aliphatic carbocycles. The van der Waals surface area contributed by atoms with E-state index in [4.69, 9.17) is 13.9 Å². The van der Waals surface area contributed by atoms with Gasteiger partial charge in [0, 0.05) is 19.4 Å². The first-order valence-corrected chi connectivity index (χ1v) is 9.05. The molecule has 1 heterocycles. The molecule has 3 rings (SSSR count). The Bertz CT molecular complexity index is 923. The zero-order chi connectivity index (χ0) is 19.8. The lowest BCUT2D eigenvalue weighted by molar-refractivity contribution is -0.121. The van der Waals surface area contributed by atoms with Gasteiger partial charge in [0.1, 0.15) is 11.5 Å². The SMILES string of the molecule is COc1cccc(CCNC(=O)CCc2nnc(-c3ccccc3OC)o2)c1. The van der Waals surface area contributed by atoms with Crippen molar-refractivity contribution in [2.45, 2.75) is 19.3 Å². The maximum Gasteiger partial charge on any atom is 0.251 e. The highest BCUT2D eigenvalue weighted by Crippen LogP contribution is 2.28. The van der Waals surface area contributed by atoms with E-state index in [0.29, 0.717) is 30.5 Å². The normalized spacial score (nSPS) is 10.5. The molecule has 1 aromatic heterocycles. The molecular weight excluding hydrogens is 358 g/mol. The highest BCUT2D eigenvalue weighted by Gasteiger charge is 2.13. The summed E-state index contributed by atoms with van der Waals surface area (Å²) in [5.41, 5.74) is 1.84. The topological polar surface area (TPSA) is 86.5 Å². The lowest BCUT2D eigenvalue weighted by Crippen LogP contribution is -2.25. The fourth-order valence-corrected chi connectivity index (χ4v) is 2.77. The Balaban J connectivity index is 1.46. The predicted molar refractivity (Wildman–Crippen MR) is 104 cm³/mol. The Morgan fingerprint density at radius 3 is 2.71 bits per heavy atom. The average Bonchev–Trinajstić information content (AvgIpc) is 3.21. The van der Waals surface area contributed by atoms with Crippen molar-refractivity contribution in [1.29, 1.82) is 0 Å². The Morgan fingerprint density at radius 1 is 1.04 bits per heavy atom. The van der Waals surface area contributed by atoms with E-state index in [2.05, 4.69) is 15.5 Å². The van der Waals surface area contributed by atoms with Crippen molar-refractivity contribution in [2.24, 2.45) is 0 Å². The number of methoxy groups -OCH3 is 2. The van der Waals surface area contributed by atoms with Gasteiger partial charge in [0.05, 0.1) is 19.8 Å². The second-order valence-corrected chi connectivity index (χ2v) is 6.15. The number of carbonyl (C=O) groups is 1. The molecular formula is C21H23N3O4. The third-order valence-corrected chi connectivity index (χ3v) is 4.24. The molecule has 0 bridgehead atoms. The molecule has 1 amide bonds. The number of carbonyl (C=O) groups excluding carboxylic acids is 1. The van der Waals surface area contributed by atoms with Gasteiger partial charge in [0.15, 0.2) is 0 Å². The van der Waals surface area contributed by atoms with E-state index in [1.54, 1.807) is 14.2 Å². The number of hydrogen-bond acceptors (Lipinski definition) is 6. The first kappa shape index (κ1) is 19.4. The molecule has 0 radical (unpaired) electrons. The quantitative estimate of drug-likeness (QED) is 0.613. The number of ether oxygens (including phenoxy) is 2. The number of para-hydroxylation sites is 1. The van der Waals surface area contributed by atoms with Gasteiger partial charge in [0.2, 0.25) is 11.8 Å². The fraction of sp³-hybridized carbons (Fsp3) is 0.286. The third-order valence-electron chi connectivity index (χ3n) is 4.24. The number of nitrogens with zero attached hydrogens (tertiary/aromatic N) is 2. The lowest BCUT2D eigenvalue weighted by atomic mass is 10.1. The van der Waals surface area contributed by atoms with Crippen molar-refractivity contribution >= 4 is 5.91 Å². The van der Waals surface area contributed by atoms with Gasteiger partial charge in [-0.05, 0) is 36.2 Å². The Morgan fingerprint density at radius 2 is 1.89 bits per heavy atom. The van der Waals surface area contributed by atoms with Crippen molar-refractivity contribution < 1.29 is 18.7 Å². The lowest BCUT2D eigenvalue weighted by Gasteiger charge is -2.06. The summed E-state index contributed by atoms with van der Waals surface area (Å²) in [5.74, 6) is 2.22. The second-order valence-electron chi connectivity index (χ2n) is 6.15.